The van der Waals surface area contributed by atoms with Gasteiger partial charge in [0.1, 0.15) is 18.3 Å². The fourth-order valence-electron chi connectivity index (χ4n) is 1.62. The molecule has 1 aliphatic rings. The molecule has 0 bridgehead atoms. The lowest BCUT2D eigenvalue weighted by Crippen LogP contribution is -2.26. The molecule has 1 heterocycles. The maximum Gasteiger partial charge on any atom is 0.331 e. The molecule has 0 fully saturated rings. The van der Waals surface area contributed by atoms with Crippen LogP contribution in [0.5, 0.6) is 0 Å². The summed E-state index contributed by atoms with van der Waals surface area (Å²) in [6.07, 6.45) is 2.69. The first-order chi connectivity index (χ1) is 9.38. The Hall–Kier alpha value is -1.95. The lowest BCUT2D eigenvalue weighted by atomic mass is 10.1. The summed E-state index contributed by atoms with van der Waals surface area (Å²) in [4.78, 5) is 34.3. The Labute approximate surface area is 117 Å². The van der Waals surface area contributed by atoms with Crippen LogP contribution < -0.4 is 0 Å². The Morgan fingerprint density at radius 3 is 2.30 bits per heavy atom. The van der Waals surface area contributed by atoms with Gasteiger partial charge < -0.3 is 14.6 Å². The molecule has 110 valence electrons. The summed E-state index contributed by atoms with van der Waals surface area (Å²) >= 11 is 0. The Bertz CT molecular complexity index is 437. The number of rotatable bonds is 0. The van der Waals surface area contributed by atoms with Crippen LogP contribution in [0.1, 0.15) is 26.7 Å². The van der Waals surface area contributed by atoms with Crippen molar-refractivity contribution in [3.8, 4) is 0 Å². The van der Waals surface area contributed by atoms with E-state index in [1.165, 1.54) is 6.08 Å². The van der Waals surface area contributed by atoms with E-state index in [9.17, 15) is 19.5 Å². The summed E-state index contributed by atoms with van der Waals surface area (Å²) in [5.41, 5.74) is 0. The summed E-state index contributed by atoms with van der Waals surface area (Å²) in [5.74, 6) is -1.87. The average molecular weight is 282 g/mol. The van der Waals surface area contributed by atoms with Crippen molar-refractivity contribution < 1.29 is 29.0 Å². The maximum absolute atomic E-state index is 11.5. The third-order valence-electron chi connectivity index (χ3n) is 2.62. The van der Waals surface area contributed by atoms with E-state index >= 15 is 0 Å². The van der Waals surface area contributed by atoms with Crippen LogP contribution in [0.2, 0.25) is 0 Å². The summed E-state index contributed by atoms with van der Waals surface area (Å²) < 4.78 is 9.97. The van der Waals surface area contributed by atoms with Gasteiger partial charge in [0.05, 0.1) is 0 Å². The zero-order valence-electron chi connectivity index (χ0n) is 11.4. The van der Waals surface area contributed by atoms with Crippen molar-refractivity contribution in [3.63, 3.8) is 0 Å². The lowest BCUT2D eigenvalue weighted by molar-refractivity contribution is -0.144. The normalized spacial score (nSPS) is 32.8. The van der Waals surface area contributed by atoms with Crippen LogP contribution in [-0.2, 0) is 23.9 Å². The monoisotopic (exact) mass is 282 g/mol. The number of hydrogen-bond donors (Lipinski definition) is 1. The van der Waals surface area contributed by atoms with Gasteiger partial charge in [-0.05, 0) is 19.9 Å². The minimum absolute atomic E-state index is 0.0335. The molecule has 6 heteroatoms. The van der Waals surface area contributed by atoms with Crippen molar-refractivity contribution in [2.45, 2.75) is 45.0 Å². The number of ketones is 1. The SMILES string of the molecule is C[C@@H]1C/C=C\C(=O)O[C@H](C)C[C@@H](O)C(=O)/C=C\C(=O)O1. The summed E-state index contributed by atoms with van der Waals surface area (Å²) in [6.45, 7) is 3.24. The molecule has 0 saturated carbocycles. The molecule has 0 amide bonds. The molecule has 0 aliphatic carbocycles. The maximum atomic E-state index is 11.5. The highest BCUT2D eigenvalue weighted by molar-refractivity contribution is 5.98. The van der Waals surface area contributed by atoms with Gasteiger partial charge >= 0.3 is 11.9 Å². The number of aliphatic hydroxyl groups excluding tert-OH is 1. The van der Waals surface area contributed by atoms with E-state index in [0.717, 1.165) is 12.2 Å². The van der Waals surface area contributed by atoms with Crippen molar-refractivity contribution in [1.29, 1.82) is 0 Å². The second-order valence-electron chi connectivity index (χ2n) is 4.62. The van der Waals surface area contributed by atoms with Gasteiger partial charge in [-0.3, -0.25) is 4.79 Å². The Morgan fingerprint density at radius 2 is 1.60 bits per heavy atom. The zero-order chi connectivity index (χ0) is 15.1. The third kappa shape index (κ3) is 5.79. The van der Waals surface area contributed by atoms with Crippen molar-refractivity contribution in [3.05, 3.63) is 24.3 Å². The van der Waals surface area contributed by atoms with Crippen LogP contribution in [0.3, 0.4) is 0 Å². The number of carbonyl (C=O) groups is 3. The number of esters is 2. The van der Waals surface area contributed by atoms with Crippen LogP contribution in [0, 0.1) is 0 Å². The number of ether oxygens (including phenoxy) is 2. The topological polar surface area (TPSA) is 89.9 Å². The van der Waals surface area contributed by atoms with Crippen LogP contribution >= 0.6 is 0 Å². The number of carbonyl (C=O) groups excluding carboxylic acids is 3. The highest BCUT2D eigenvalue weighted by Gasteiger charge is 2.19. The van der Waals surface area contributed by atoms with E-state index < -0.39 is 36.0 Å². The van der Waals surface area contributed by atoms with Crippen LogP contribution in [0.15, 0.2) is 24.3 Å². The molecule has 0 spiro atoms. The molecule has 0 saturated heterocycles. The molecular weight excluding hydrogens is 264 g/mol. The number of aliphatic hydroxyl groups is 1. The van der Waals surface area contributed by atoms with Crippen molar-refractivity contribution in [1.82, 2.24) is 0 Å². The van der Waals surface area contributed by atoms with Crippen LogP contribution in [0.4, 0.5) is 0 Å². The largest absolute Gasteiger partial charge is 0.459 e. The second kappa shape index (κ2) is 7.59. The molecular formula is C14H18O6. The van der Waals surface area contributed by atoms with Crippen molar-refractivity contribution >= 4 is 17.7 Å². The van der Waals surface area contributed by atoms with E-state index in [4.69, 9.17) is 9.47 Å². The summed E-state index contributed by atoms with van der Waals surface area (Å²) in [7, 11) is 0. The minimum Gasteiger partial charge on any atom is -0.459 e. The molecule has 0 aromatic heterocycles. The first-order valence-corrected chi connectivity index (χ1v) is 6.36. The first-order valence-electron chi connectivity index (χ1n) is 6.36. The quantitative estimate of drug-likeness (QED) is 0.657. The fraction of sp³-hybridized carbons (Fsp3) is 0.500. The van der Waals surface area contributed by atoms with Crippen LogP contribution in [-0.4, -0.2) is 41.1 Å². The Kier molecular flexibility index (Phi) is 6.11. The van der Waals surface area contributed by atoms with Crippen molar-refractivity contribution in [2.24, 2.45) is 0 Å². The van der Waals surface area contributed by atoms with E-state index in [-0.39, 0.29) is 6.42 Å². The van der Waals surface area contributed by atoms with Crippen LogP contribution in [0.25, 0.3) is 0 Å². The van der Waals surface area contributed by atoms with Gasteiger partial charge in [-0.15, -0.1) is 0 Å². The Morgan fingerprint density at radius 1 is 1.00 bits per heavy atom. The van der Waals surface area contributed by atoms with E-state index in [1.807, 2.05) is 0 Å². The van der Waals surface area contributed by atoms with Gasteiger partial charge in [0.2, 0.25) is 0 Å². The summed E-state index contributed by atoms with van der Waals surface area (Å²) in [6, 6.07) is 0. The Balaban J connectivity index is 2.82. The highest BCUT2D eigenvalue weighted by Crippen LogP contribution is 2.07. The molecule has 0 aromatic carbocycles. The summed E-state index contributed by atoms with van der Waals surface area (Å²) in [5, 5.41) is 9.62. The van der Waals surface area contributed by atoms with E-state index in [2.05, 4.69) is 0 Å². The van der Waals surface area contributed by atoms with Gasteiger partial charge in [0.15, 0.2) is 5.78 Å². The van der Waals surface area contributed by atoms with Gasteiger partial charge in [-0.25, -0.2) is 9.59 Å². The van der Waals surface area contributed by atoms with E-state index in [0.29, 0.717) is 6.42 Å². The molecule has 0 aromatic rings. The molecule has 6 nitrogen and oxygen atoms in total. The first kappa shape index (κ1) is 16.1. The predicted molar refractivity (Wildman–Crippen MR) is 69.6 cm³/mol. The van der Waals surface area contributed by atoms with Gasteiger partial charge in [-0.2, -0.15) is 0 Å². The second-order valence-corrected chi connectivity index (χ2v) is 4.62. The predicted octanol–water partition coefficient (Wildman–Crippen LogP) is 0.686. The molecule has 20 heavy (non-hydrogen) atoms. The fourth-order valence-corrected chi connectivity index (χ4v) is 1.62. The molecule has 1 N–H and O–H groups in total. The standard InChI is InChI=1S/C14H18O6/c1-9-4-3-5-13(17)20-10(2)8-12(16)11(15)6-7-14(18)19-9/h3,5-7,9-10,12,16H,4,8H2,1-2H3/b5-3-,7-6-/t9-,10-,12-/m1/s1. The third-order valence-corrected chi connectivity index (χ3v) is 2.62. The average Bonchev–Trinajstić information content (AvgIpc) is 2.34. The molecule has 1 aliphatic heterocycles. The van der Waals surface area contributed by atoms with Gasteiger partial charge in [0, 0.05) is 25.0 Å². The molecule has 0 unspecified atom stereocenters. The number of hydrogen-bond acceptors (Lipinski definition) is 6. The molecule has 1 rings (SSSR count). The molecule has 3 atom stereocenters. The van der Waals surface area contributed by atoms with Gasteiger partial charge in [-0.1, -0.05) is 6.08 Å². The molecule has 0 radical (unpaired) electrons. The van der Waals surface area contributed by atoms with Crippen molar-refractivity contribution in [2.75, 3.05) is 0 Å². The lowest BCUT2D eigenvalue weighted by Gasteiger charge is -2.15. The van der Waals surface area contributed by atoms with E-state index in [1.54, 1.807) is 19.9 Å². The number of cyclic esters (lactones) is 2. The minimum atomic E-state index is -1.33. The highest BCUT2D eigenvalue weighted by atomic mass is 16.5. The smallest absolute Gasteiger partial charge is 0.331 e. The van der Waals surface area contributed by atoms with Gasteiger partial charge in [0.25, 0.3) is 0 Å². The zero-order valence-corrected chi connectivity index (χ0v) is 11.4.